The van der Waals surface area contributed by atoms with Gasteiger partial charge in [0.2, 0.25) is 5.91 Å². The molecule has 0 radical (unpaired) electrons. The first-order valence-electron chi connectivity index (χ1n) is 7.19. The van der Waals surface area contributed by atoms with Gasteiger partial charge in [-0.3, -0.25) is 9.69 Å². The van der Waals surface area contributed by atoms with Gasteiger partial charge >= 0.3 is 0 Å². The van der Waals surface area contributed by atoms with Crippen molar-refractivity contribution in [3.05, 3.63) is 21.9 Å². The van der Waals surface area contributed by atoms with Crippen molar-refractivity contribution in [1.82, 2.24) is 15.5 Å². The molecule has 1 saturated heterocycles. The molecule has 2 aliphatic heterocycles. The van der Waals surface area contributed by atoms with Crippen LogP contribution in [0.1, 0.15) is 16.9 Å². The third kappa shape index (κ3) is 4.81. The van der Waals surface area contributed by atoms with Gasteiger partial charge in [0.05, 0.1) is 12.1 Å². The zero-order valence-electron chi connectivity index (χ0n) is 12.3. The molecule has 22 heavy (non-hydrogen) atoms. The summed E-state index contributed by atoms with van der Waals surface area (Å²) in [5.74, 6) is 0.00906. The Kier molecular flexibility index (Phi) is 8.10. The summed E-state index contributed by atoms with van der Waals surface area (Å²) >= 11 is 1.84. The van der Waals surface area contributed by atoms with Gasteiger partial charge in [0.15, 0.2) is 0 Å². The minimum Gasteiger partial charge on any atom is -0.392 e. The molecule has 8 heteroatoms. The van der Waals surface area contributed by atoms with Crippen molar-refractivity contribution in [3.8, 4) is 0 Å². The summed E-state index contributed by atoms with van der Waals surface area (Å²) in [7, 11) is 0. The highest BCUT2D eigenvalue weighted by Gasteiger charge is 2.27. The third-order valence-electron chi connectivity index (χ3n) is 4.04. The number of amides is 1. The largest absolute Gasteiger partial charge is 0.392 e. The summed E-state index contributed by atoms with van der Waals surface area (Å²) in [6, 6.07) is 1.98. The van der Waals surface area contributed by atoms with E-state index in [9.17, 15) is 9.90 Å². The minimum absolute atomic E-state index is 0. The number of carbonyl (C=O) groups excluding carboxylic acids is 1. The maximum absolute atomic E-state index is 11.9. The molecule has 3 rings (SSSR count). The smallest absolute Gasteiger partial charge is 0.237 e. The van der Waals surface area contributed by atoms with Gasteiger partial charge in [-0.25, -0.2) is 0 Å². The van der Waals surface area contributed by atoms with E-state index >= 15 is 0 Å². The summed E-state index contributed by atoms with van der Waals surface area (Å²) in [6.07, 6.45) is 1.26. The molecular formula is C14H23Cl2N3O2S. The number of thiophene rings is 1. The van der Waals surface area contributed by atoms with Crippen molar-refractivity contribution in [3.63, 3.8) is 0 Å². The quantitative estimate of drug-likeness (QED) is 0.735. The highest BCUT2D eigenvalue weighted by Crippen LogP contribution is 2.23. The van der Waals surface area contributed by atoms with Gasteiger partial charge in [-0.2, -0.15) is 0 Å². The molecule has 3 heterocycles. The van der Waals surface area contributed by atoms with Crippen LogP contribution < -0.4 is 10.6 Å². The number of hydrogen-bond acceptors (Lipinski definition) is 5. The number of nitrogens with zero attached hydrogens (tertiary/aromatic N) is 1. The topological polar surface area (TPSA) is 64.6 Å². The standard InChI is InChI=1S/C14H21N3O2S.2ClH/c18-11-7-12(16-8-11)14(19)15-3-5-17-4-1-13-10(9-17)2-6-20-13;;/h2,6,11-12,16,18H,1,3-5,7-9H2,(H,15,19);2*1H. The molecule has 0 spiro atoms. The van der Waals surface area contributed by atoms with E-state index in [4.69, 9.17) is 0 Å². The second-order valence-corrected chi connectivity index (χ2v) is 6.54. The summed E-state index contributed by atoms with van der Waals surface area (Å²) in [6.45, 7) is 4.15. The predicted molar refractivity (Wildman–Crippen MR) is 93.2 cm³/mol. The van der Waals surface area contributed by atoms with Crippen LogP contribution >= 0.6 is 36.2 Å². The van der Waals surface area contributed by atoms with Crippen molar-refractivity contribution in [2.75, 3.05) is 26.2 Å². The number of aliphatic hydroxyl groups is 1. The van der Waals surface area contributed by atoms with E-state index < -0.39 is 0 Å². The number of rotatable bonds is 4. The Morgan fingerprint density at radius 2 is 2.32 bits per heavy atom. The fourth-order valence-corrected chi connectivity index (χ4v) is 3.76. The Bertz CT molecular complexity index is 486. The Labute approximate surface area is 147 Å². The van der Waals surface area contributed by atoms with Crippen LogP contribution in [0.15, 0.2) is 11.4 Å². The van der Waals surface area contributed by atoms with Gasteiger partial charge < -0.3 is 15.7 Å². The van der Waals surface area contributed by atoms with Crippen molar-refractivity contribution >= 4 is 42.1 Å². The van der Waals surface area contributed by atoms with E-state index in [1.807, 2.05) is 11.3 Å². The van der Waals surface area contributed by atoms with E-state index in [1.165, 1.54) is 10.4 Å². The van der Waals surface area contributed by atoms with Gasteiger partial charge in [0.25, 0.3) is 0 Å². The first kappa shape index (κ1) is 19.7. The molecule has 1 amide bonds. The minimum atomic E-state index is -0.384. The molecule has 1 aromatic rings. The number of aliphatic hydroxyl groups excluding tert-OH is 1. The normalized spacial score (nSPS) is 24.0. The van der Waals surface area contributed by atoms with Crippen LogP contribution in [-0.4, -0.2) is 54.2 Å². The van der Waals surface area contributed by atoms with E-state index in [1.54, 1.807) is 0 Å². The molecule has 1 aromatic heterocycles. The van der Waals surface area contributed by atoms with Gasteiger partial charge in [-0.05, 0) is 29.9 Å². The van der Waals surface area contributed by atoms with Crippen LogP contribution in [0.5, 0.6) is 0 Å². The summed E-state index contributed by atoms with van der Waals surface area (Å²) in [4.78, 5) is 15.8. The lowest BCUT2D eigenvalue weighted by atomic mass is 10.1. The average molecular weight is 368 g/mol. The molecule has 2 unspecified atom stereocenters. The molecule has 0 aliphatic carbocycles. The molecule has 0 aromatic carbocycles. The monoisotopic (exact) mass is 367 g/mol. The van der Waals surface area contributed by atoms with E-state index in [0.717, 1.165) is 26.1 Å². The van der Waals surface area contributed by atoms with Gasteiger partial charge in [0.1, 0.15) is 0 Å². The lowest BCUT2D eigenvalue weighted by Crippen LogP contribution is -2.44. The van der Waals surface area contributed by atoms with Crippen molar-refractivity contribution in [2.24, 2.45) is 0 Å². The van der Waals surface area contributed by atoms with Gasteiger partial charge in [-0.1, -0.05) is 0 Å². The average Bonchev–Trinajstić information content (AvgIpc) is 3.06. The van der Waals surface area contributed by atoms with Crippen LogP contribution in [0.4, 0.5) is 0 Å². The fourth-order valence-electron chi connectivity index (χ4n) is 2.87. The van der Waals surface area contributed by atoms with Gasteiger partial charge in [0, 0.05) is 37.6 Å². The van der Waals surface area contributed by atoms with E-state index in [-0.39, 0.29) is 42.9 Å². The SMILES string of the molecule is Cl.Cl.O=C(NCCN1CCc2sccc2C1)C1CC(O)CN1. The molecule has 126 valence electrons. The molecule has 0 saturated carbocycles. The maximum Gasteiger partial charge on any atom is 0.237 e. The molecule has 3 N–H and O–H groups in total. The van der Waals surface area contributed by atoms with Crippen molar-refractivity contribution < 1.29 is 9.90 Å². The van der Waals surface area contributed by atoms with E-state index in [0.29, 0.717) is 19.5 Å². The Hall–Kier alpha value is -0.370. The van der Waals surface area contributed by atoms with Crippen LogP contribution in [-0.2, 0) is 17.8 Å². The molecule has 2 atom stereocenters. The first-order valence-corrected chi connectivity index (χ1v) is 8.07. The highest BCUT2D eigenvalue weighted by atomic mass is 35.5. The Morgan fingerprint density at radius 1 is 1.50 bits per heavy atom. The lowest BCUT2D eigenvalue weighted by Gasteiger charge is -2.26. The Morgan fingerprint density at radius 3 is 3.05 bits per heavy atom. The number of fused-ring (bicyclic) bond motifs is 1. The first-order chi connectivity index (χ1) is 9.72. The third-order valence-corrected chi connectivity index (χ3v) is 5.06. The zero-order chi connectivity index (χ0) is 13.9. The zero-order valence-corrected chi connectivity index (χ0v) is 14.7. The fraction of sp³-hybridized carbons (Fsp3) is 0.643. The number of halogens is 2. The van der Waals surface area contributed by atoms with Crippen LogP contribution in [0.2, 0.25) is 0 Å². The van der Waals surface area contributed by atoms with Crippen LogP contribution in [0.25, 0.3) is 0 Å². The van der Waals surface area contributed by atoms with E-state index in [2.05, 4.69) is 27.0 Å². The molecule has 1 fully saturated rings. The molecule has 2 aliphatic rings. The maximum atomic E-state index is 11.9. The number of β-amino-alcohol motifs (C(OH)–C–C–N with tert-alkyl or cyclic N) is 1. The van der Waals surface area contributed by atoms with Crippen LogP contribution in [0, 0.1) is 0 Å². The summed E-state index contributed by atoms with van der Waals surface area (Å²) in [5.41, 5.74) is 1.44. The highest BCUT2D eigenvalue weighted by molar-refractivity contribution is 7.10. The molecule has 0 bridgehead atoms. The second kappa shape index (κ2) is 9.05. The number of nitrogens with one attached hydrogen (secondary N) is 2. The summed E-state index contributed by atoms with van der Waals surface area (Å²) < 4.78 is 0. The van der Waals surface area contributed by atoms with Crippen molar-refractivity contribution in [2.45, 2.75) is 31.5 Å². The van der Waals surface area contributed by atoms with Crippen LogP contribution in [0.3, 0.4) is 0 Å². The molecular weight excluding hydrogens is 345 g/mol. The number of hydrogen-bond donors (Lipinski definition) is 3. The lowest BCUT2D eigenvalue weighted by molar-refractivity contribution is -0.123. The second-order valence-electron chi connectivity index (χ2n) is 5.54. The molecule has 5 nitrogen and oxygen atoms in total. The number of carbonyl (C=O) groups is 1. The van der Waals surface area contributed by atoms with Crippen molar-refractivity contribution in [1.29, 1.82) is 0 Å². The summed E-state index contributed by atoms with van der Waals surface area (Å²) in [5, 5.41) is 17.5. The predicted octanol–water partition coefficient (Wildman–Crippen LogP) is 0.789. The Balaban J connectivity index is 0.00000121. The van der Waals surface area contributed by atoms with Gasteiger partial charge in [-0.15, -0.1) is 36.2 Å².